The number of thioether (sulfide) groups is 1. The summed E-state index contributed by atoms with van der Waals surface area (Å²) < 4.78 is 13.9. The summed E-state index contributed by atoms with van der Waals surface area (Å²) >= 11 is 7.81. The molecule has 2 aromatic carbocycles. The van der Waals surface area contributed by atoms with Gasteiger partial charge >= 0.3 is 0 Å². The monoisotopic (exact) mass is 389 g/mol. The number of nitrogens with one attached hydrogen (secondary N) is 1. The number of hydrogen-bond acceptors (Lipinski definition) is 1. The highest BCUT2D eigenvalue weighted by Gasteiger charge is 2.19. The topological polar surface area (TPSA) is 15.8 Å². The molecule has 0 aliphatic heterocycles. The van der Waals surface area contributed by atoms with Crippen molar-refractivity contribution in [2.24, 2.45) is 0 Å². The molecule has 0 amide bonds. The summed E-state index contributed by atoms with van der Waals surface area (Å²) in [6.07, 6.45) is 6.57. The summed E-state index contributed by atoms with van der Waals surface area (Å²) in [7, 11) is 0. The van der Waals surface area contributed by atoms with Gasteiger partial charge in [-0.3, -0.25) is 0 Å². The molecule has 1 nitrogen and oxygen atoms in total. The van der Waals surface area contributed by atoms with Crippen LogP contribution in [0.4, 0.5) is 4.39 Å². The lowest BCUT2D eigenvalue weighted by atomic mass is 9.92. The molecule has 4 heteroatoms. The molecule has 0 radical (unpaired) electrons. The number of aryl methyl sites for hydroxylation is 1. The lowest BCUT2D eigenvalue weighted by Gasteiger charge is -2.14. The molecule has 0 spiro atoms. The molecule has 0 bridgehead atoms. The van der Waals surface area contributed by atoms with E-state index in [9.17, 15) is 4.39 Å². The molecule has 1 aromatic heterocycles. The molecule has 1 unspecified atom stereocenters. The molecule has 3 rings (SSSR count). The van der Waals surface area contributed by atoms with Gasteiger partial charge in [0.1, 0.15) is 5.82 Å². The second-order valence-electron chi connectivity index (χ2n) is 6.78. The van der Waals surface area contributed by atoms with Gasteiger partial charge in [0.05, 0.1) is 5.02 Å². The van der Waals surface area contributed by atoms with Crippen LogP contribution in [0.5, 0.6) is 0 Å². The summed E-state index contributed by atoms with van der Waals surface area (Å²) in [5, 5.41) is 1.24. The van der Waals surface area contributed by atoms with Crippen molar-refractivity contribution in [1.29, 1.82) is 0 Å². The zero-order valence-corrected chi connectivity index (χ0v) is 17.1. The van der Waals surface area contributed by atoms with Crippen LogP contribution >= 0.6 is 23.4 Å². The molecule has 0 aliphatic carbocycles. The maximum absolute atomic E-state index is 13.9. The average molecular weight is 390 g/mol. The fourth-order valence-corrected chi connectivity index (χ4v) is 4.09. The van der Waals surface area contributed by atoms with Gasteiger partial charge in [0, 0.05) is 27.4 Å². The largest absolute Gasteiger partial charge is 0.358 e. The smallest absolute Gasteiger partial charge is 0.143 e. The zero-order chi connectivity index (χ0) is 18.7. The standard InChI is InChI=1S/C22H25ClFNS/c1-4-5-6-7-17-18-12-19(23)20(24)13-21(18)25-22(17)14(2)15-8-10-16(26-3)11-9-15/h8-14,25H,4-7H2,1-3H3. The molecule has 0 saturated heterocycles. The Labute approximate surface area is 164 Å². The Bertz CT molecular complexity index is 885. The highest BCUT2D eigenvalue weighted by Crippen LogP contribution is 2.35. The van der Waals surface area contributed by atoms with Crippen LogP contribution in [0.1, 0.15) is 55.8 Å². The molecular weight excluding hydrogens is 365 g/mol. The number of aromatic amines is 1. The van der Waals surface area contributed by atoms with E-state index in [2.05, 4.69) is 49.4 Å². The second-order valence-corrected chi connectivity index (χ2v) is 8.07. The Hall–Kier alpha value is -1.45. The van der Waals surface area contributed by atoms with Crippen molar-refractivity contribution in [2.45, 2.75) is 50.3 Å². The van der Waals surface area contributed by atoms with Crippen LogP contribution in [-0.4, -0.2) is 11.2 Å². The Kier molecular flexibility index (Phi) is 6.31. The van der Waals surface area contributed by atoms with Crippen molar-refractivity contribution >= 4 is 34.3 Å². The van der Waals surface area contributed by atoms with E-state index in [0.717, 1.165) is 23.7 Å². The van der Waals surface area contributed by atoms with Gasteiger partial charge in [-0.25, -0.2) is 4.39 Å². The van der Waals surface area contributed by atoms with Crippen LogP contribution in [0.2, 0.25) is 5.02 Å². The molecule has 1 heterocycles. The van der Waals surface area contributed by atoms with Gasteiger partial charge in [-0.2, -0.15) is 0 Å². The highest BCUT2D eigenvalue weighted by atomic mass is 35.5. The van der Waals surface area contributed by atoms with E-state index >= 15 is 0 Å². The van der Waals surface area contributed by atoms with Gasteiger partial charge in [-0.1, -0.05) is 50.4 Å². The van der Waals surface area contributed by atoms with E-state index < -0.39 is 0 Å². The molecule has 0 saturated carbocycles. The molecular formula is C22H25ClFNS. The van der Waals surface area contributed by atoms with Crippen LogP contribution < -0.4 is 0 Å². The Balaban J connectivity index is 2.05. The normalized spacial score (nSPS) is 12.7. The molecule has 1 N–H and O–H groups in total. The maximum Gasteiger partial charge on any atom is 0.143 e. The van der Waals surface area contributed by atoms with Crippen molar-refractivity contribution < 1.29 is 4.39 Å². The lowest BCUT2D eigenvalue weighted by Crippen LogP contribution is -2.01. The molecule has 3 aromatic rings. The van der Waals surface area contributed by atoms with E-state index in [1.807, 2.05) is 0 Å². The molecule has 26 heavy (non-hydrogen) atoms. The first-order chi connectivity index (χ1) is 12.5. The summed E-state index contributed by atoms with van der Waals surface area (Å²) in [6.45, 7) is 4.42. The summed E-state index contributed by atoms with van der Waals surface area (Å²) in [5.41, 5.74) is 4.55. The Morgan fingerprint density at radius 1 is 1.15 bits per heavy atom. The molecule has 0 fully saturated rings. The number of halogens is 2. The van der Waals surface area contributed by atoms with Crippen LogP contribution in [0.15, 0.2) is 41.3 Å². The van der Waals surface area contributed by atoms with Crippen molar-refractivity contribution in [3.05, 3.63) is 64.1 Å². The van der Waals surface area contributed by atoms with Gasteiger partial charge in [0.15, 0.2) is 0 Å². The third-order valence-corrected chi connectivity index (χ3v) is 6.09. The van der Waals surface area contributed by atoms with Gasteiger partial charge in [-0.15, -0.1) is 11.8 Å². The zero-order valence-electron chi connectivity index (χ0n) is 15.5. The van der Waals surface area contributed by atoms with Crippen molar-refractivity contribution in [2.75, 3.05) is 6.26 Å². The minimum atomic E-state index is -0.371. The predicted octanol–water partition coefficient (Wildman–Crippen LogP) is 7.57. The van der Waals surface area contributed by atoms with Crippen LogP contribution in [0.3, 0.4) is 0 Å². The van der Waals surface area contributed by atoms with Crippen LogP contribution in [0, 0.1) is 5.82 Å². The fourth-order valence-electron chi connectivity index (χ4n) is 3.52. The first-order valence-electron chi connectivity index (χ1n) is 9.18. The number of H-pyrrole nitrogens is 1. The van der Waals surface area contributed by atoms with Crippen molar-refractivity contribution in [3.63, 3.8) is 0 Å². The summed E-state index contributed by atoms with van der Waals surface area (Å²) in [5.74, 6) is -0.152. The van der Waals surface area contributed by atoms with E-state index in [-0.39, 0.29) is 16.8 Å². The molecule has 0 aliphatic rings. The number of benzene rings is 2. The fraction of sp³-hybridized carbons (Fsp3) is 0.364. The third-order valence-electron chi connectivity index (χ3n) is 5.06. The first kappa shape index (κ1) is 19.3. The summed E-state index contributed by atoms with van der Waals surface area (Å²) in [4.78, 5) is 4.74. The van der Waals surface area contributed by atoms with E-state index in [4.69, 9.17) is 11.6 Å². The van der Waals surface area contributed by atoms with Crippen molar-refractivity contribution in [3.8, 4) is 0 Å². The first-order valence-corrected chi connectivity index (χ1v) is 10.8. The lowest BCUT2D eigenvalue weighted by molar-refractivity contribution is 0.630. The van der Waals surface area contributed by atoms with E-state index in [1.165, 1.54) is 40.6 Å². The molecule has 1 atom stereocenters. The number of unbranched alkanes of at least 4 members (excludes halogenated alkanes) is 2. The minimum Gasteiger partial charge on any atom is -0.358 e. The quantitative estimate of drug-likeness (QED) is 0.325. The van der Waals surface area contributed by atoms with E-state index in [0.29, 0.717) is 0 Å². The molecule has 138 valence electrons. The second kappa shape index (κ2) is 8.49. The van der Waals surface area contributed by atoms with Crippen LogP contribution in [0.25, 0.3) is 10.9 Å². The van der Waals surface area contributed by atoms with Gasteiger partial charge in [0.25, 0.3) is 0 Å². The SMILES string of the molecule is CCCCCc1c(C(C)c2ccc(SC)cc2)[nH]c2cc(F)c(Cl)cc12. The third kappa shape index (κ3) is 3.94. The summed E-state index contributed by atoms with van der Waals surface area (Å²) in [6, 6.07) is 12.0. The van der Waals surface area contributed by atoms with E-state index in [1.54, 1.807) is 17.8 Å². The van der Waals surface area contributed by atoms with Gasteiger partial charge < -0.3 is 4.98 Å². The van der Waals surface area contributed by atoms with Gasteiger partial charge in [0.2, 0.25) is 0 Å². The Morgan fingerprint density at radius 2 is 1.88 bits per heavy atom. The highest BCUT2D eigenvalue weighted by molar-refractivity contribution is 7.98. The maximum atomic E-state index is 13.9. The van der Waals surface area contributed by atoms with Crippen molar-refractivity contribution in [1.82, 2.24) is 4.98 Å². The predicted molar refractivity (Wildman–Crippen MR) is 112 cm³/mol. The average Bonchev–Trinajstić information content (AvgIpc) is 2.99. The number of aromatic nitrogens is 1. The Morgan fingerprint density at radius 3 is 2.54 bits per heavy atom. The number of hydrogen-bond donors (Lipinski definition) is 1. The van der Waals surface area contributed by atoms with Crippen LogP contribution in [-0.2, 0) is 6.42 Å². The van der Waals surface area contributed by atoms with Gasteiger partial charge in [-0.05, 0) is 54.5 Å². The number of fused-ring (bicyclic) bond motifs is 1. The number of rotatable bonds is 7. The minimum absolute atomic E-state index is 0.191.